The van der Waals surface area contributed by atoms with Gasteiger partial charge in [0.2, 0.25) is 0 Å². The Balaban J connectivity index is 0.0000000881. The highest BCUT2D eigenvalue weighted by molar-refractivity contribution is 7.85. The third-order valence-corrected chi connectivity index (χ3v) is 30.9. The zero-order valence-electron chi connectivity index (χ0n) is 73.7. The molecule has 0 amide bonds. The van der Waals surface area contributed by atoms with Gasteiger partial charge in [-0.05, 0) is 157 Å². The molecule has 16 nitrogen and oxygen atoms in total. The van der Waals surface area contributed by atoms with E-state index < -0.39 is 7.14 Å². The minimum atomic E-state index is -3.37. The molecular weight excluding hydrogens is 1760 g/mol. The SMILES string of the molecule is O=P(c1ccccc1)(c1ccccc1)c1cc2oc3ccc4c5ccccc5oc4c3c2c2c1oc1ccccc12.c1ccc(-c2cc3oc4ccc5c6ccccc6oc5c4c3c3c2oc2ccccc23)nc1.c1ccc2c(c1)oc1c2ccc2oc3cc(-c4ccncc4)c4oc5ccccc5c4c3c21.c1cncc(-c2cc3oc4ccc5c6ccccc6oc5c4c3c3c2oc2ccccc23)c1. The molecule has 15 aromatic heterocycles. The quantitative estimate of drug-likeness (QED) is 0.142. The Morgan fingerprint density at radius 3 is 0.850 bits per heavy atom. The van der Waals surface area contributed by atoms with Crippen LogP contribution < -0.4 is 15.9 Å². The van der Waals surface area contributed by atoms with Gasteiger partial charge in [0.1, 0.15) is 134 Å². The molecule has 656 valence electrons. The van der Waals surface area contributed by atoms with Gasteiger partial charge in [-0.2, -0.15) is 0 Å². The van der Waals surface area contributed by atoms with E-state index >= 15 is 4.57 Å². The number of aromatic nitrogens is 3. The first-order chi connectivity index (χ1) is 69.3. The van der Waals surface area contributed by atoms with Crippen molar-refractivity contribution < 1.29 is 57.6 Å². The summed E-state index contributed by atoms with van der Waals surface area (Å²) in [5.74, 6) is 0. The average Bonchev–Trinajstić information content (AvgIpc) is 1.51. The zero-order chi connectivity index (χ0) is 91.7. The van der Waals surface area contributed by atoms with Crippen molar-refractivity contribution >= 4 is 286 Å². The molecule has 0 saturated carbocycles. The molecule has 33 aromatic rings. The second-order valence-electron chi connectivity index (χ2n) is 35.4. The van der Waals surface area contributed by atoms with Crippen LogP contribution in [0.4, 0.5) is 0 Å². The standard InChI is InChI=1S/C36H21O4P.3C29H15NO3/c37-41(22-11-3-1-4-12-22,23-13-5-2-6-14-23)31-21-30-33(32-26-16-8-10-18-28(26)40-36(31)32)34-29(38-30)20-19-25-24-15-7-9-17-27(24)39-35(25)34;1-3-10-21-16(7-1)17-12-13-23-27(28(17)32-21)26-24(31-23)15-19(20-9-5-6-14-30-20)29-25(26)18-8-2-4-11-22(18)33-29;1-3-9-21-17(7-1)18-11-12-23-27(28(18)32-21)26-24(31-23)14-20(16-6-5-13-30-15-16)29-25(26)19-8-2-4-10-22(19)33-29;1-3-7-21-17(5-1)18-9-10-23-27(28(18)32-21)26-24(31-23)15-20(16-11-13-30-14-12-16)29-25(26)19-6-2-4-8-22(19)33-29/h1-21H;3*1-15H. The molecule has 17 heteroatoms. The molecule has 140 heavy (non-hydrogen) atoms. The smallest absolute Gasteiger partial charge is 0.174 e. The maximum absolute atomic E-state index is 15.6. The lowest BCUT2D eigenvalue weighted by molar-refractivity contribution is 0.592. The van der Waals surface area contributed by atoms with E-state index in [1.165, 1.54) is 0 Å². The van der Waals surface area contributed by atoms with E-state index in [2.05, 4.69) is 99.9 Å². The average molecular weight is 1820 g/mol. The largest absolute Gasteiger partial charge is 0.456 e. The van der Waals surface area contributed by atoms with Gasteiger partial charge in [-0.25, -0.2) is 0 Å². The summed E-state index contributed by atoms with van der Waals surface area (Å²) in [5, 5.41) is 26.6. The molecule has 0 saturated heterocycles. The van der Waals surface area contributed by atoms with Gasteiger partial charge in [0, 0.05) is 172 Å². The number of fused-ring (bicyclic) bond motifs is 44. The second-order valence-corrected chi connectivity index (χ2v) is 38.1. The molecule has 18 aromatic carbocycles. The van der Waals surface area contributed by atoms with Crippen molar-refractivity contribution in [1.29, 1.82) is 0 Å². The Morgan fingerprint density at radius 1 is 0.179 bits per heavy atom. The van der Waals surface area contributed by atoms with Crippen molar-refractivity contribution in [3.63, 3.8) is 0 Å². The maximum Gasteiger partial charge on any atom is 0.174 e. The van der Waals surface area contributed by atoms with Crippen molar-refractivity contribution in [2.45, 2.75) is 0 Å². The van der Waals surface area contributed by atoms with Crippen LogP contribution in [0.25, 0.3) is 297 Å². The van der Waals surface area contributed by atoms with Crippen molar-refractivity contribution in [2.24, 2.45) is 0 Å². The normalized spacial score (nSPS) is 12.3. The molecule has 0 unspecified atom stereocenters. The van der Waals surface area contributed by atoms with E-state index in [4.69, 9.17) is 53.0 Å². The van der Waals surface area contributed by atoms with Gasteiger partial charge in [-0.1, -0.05) is 218 Å². The number of hydrogen-bond donors (Lipinski definition) is 0. The summed E-state index contributed by atoms with van der Waals surface area (Å²) >= 11 is 0. The first kappa shape index (κ1) is 77.7. The van der Waals surface area contributed by atoms with E-state index in [1.807, 2.05) is 291 Å². The van der Waals surface area contributed by atoms with Crippen LogP contribution in [-0.2, 0) is 4.57 Å². The van der Waals surface area contributed by atoms with Gasteiger partial charge < -0.3 is 57.6 Å². The zero-order valence-corrected chi connectivity index (χ0v) is 74.6. The molecule has 0 bridgehead atoms. The van der Waals surface area contributed by atoms with E-state index in [9.17, 15) is 0 Å². The van der Waals surface area contributed by atoms with Crippen LogP contribution in [0.1, 0.15) is 0 Å². The van der Waals surface area contributed by atoms with Gasteiger partial charge >= 0.3 is 0 Å². The van der Waals surface area contributed by atoms with Gasteiger partial charge in [-0.15, -0.1) is 0 Å². The molecule has 33 rings (SSSR count). The molecule has 0 aliphatic rings. The topological polar surface area (TPSA) is 213 Å². The predicted octanol–water partition coefficient (Wildman–Crippen LogP) is 34.4. The predicted molar refractivity (Wildman–Crippen MR) is 562 cm³/mol. The summed E-state index contributed by atoms with van der Waals surface area (Å²) in [5.41, 5.74) is 24.9. The molecule has 0 atom stereocenters. The number of furan rings is 12. The van der Waals surface area contributed by atoms with E-state index in [0.717, 1.165) is 291 Å². The van der Waals surface area contributed by atoms with Crippen LogP contribution >= 0.6 is 7.14 Å². The fraction of sp³-hybridized carbons (Fsp3) is 0. The lowest BCUT2D eigenvalue weighted by Crippen LogP contribution is -2.25. The third-order valence-electron chi connectivity index (χ3n) is 27.8. The van der Waals surface area contributed by atoms with Crippen molar-refractivity contribution in [2.75, 3.05) is 0 Å². The summed E-state index contributed by atoms with van der Waals surface area (Å²) < 4.78 is 93.0. The van der Waals surface area contributed by atoms with Crippen molar-refractivity contribution in [3.05, 3.63) is 401 Å². The molecule has 0 N–H and O–H groups in total. The number of pyridine rings is 3. The summed E-state index contributed by atoms with van der Waals surface area (Å²) in [6.45, 7) is 0. The molecule has 0 aliphatic heterocycles. The summed E-state index contributed by atoms with van der Waals surface area (Å²) in [4.78, 5) is 13.1. The van der Waals surface area contributed by atoms with Crippen LogP contribution in [0.3, 0.4) is 0 Å². The highest BCUT2D eigenvalue weighted by Crippen LogP contribution is 2.55. The molecule has 0 fully saturated rings. The van der Waals surface area contributed by atoms with Crippen LogP contribution in [0.15, 0.2) is 454 Å². The third kappa shape index (κ3) is 11.4. The maximum atomic E-state index is 15.6. The van der Waals surface area contributed by atoms with Gasteiger partial charge in [-0.3, -0.25) is 15.0 Å². The molecular formula is C123H66N3O13P. The van der Waals surface area contributed by atoms with Crippen molar-refractivity contribution in [1.82, 2.24) is 15.0 Å². The van der Waals surface area contributed by atoms with Crippen LogP contribution in [-0.4, -0.2) is 15.0 Å². The van der Waals surface area contributed by atoms with Gasteiger partial charge in [0.05, 0.1) is 32.5 Å². The number of nitrogens with zero attached hydrogens (tertiary/aromatic N) is 3. The number of rotatable bonds is 6. The van der Waals surface area contributed by atoms with E-state index in [0.29, 0.717) is 22.1 Å². The lowest BCUT2D eigenvalue weighted by Gasteiger charge is -2.20. The van der Waals surface area contributed by atoms with Crippen LogP contribution in [0.5, 0.6) is 0 Å². The number of para-hydroxylation sites is 8. The summed E-state index contributed by atoms with van der Waals surface area (Å²) in [7, 11) is -3.37. The Labute approximate surface area is 788 Å². The molecule has 0 spiro atoms. The fourth-order valence-corrected chi connectivity index (χ4v) is 24.6. The fourth-order valence-electron chi connectivity index (χ4n) is 21.8. The Bertz CT molecular complexity index is 10300. The summed E-state index contributed by atoms with van der Waals surface area (Å²) in [6.07, 6.45) is 9.02. The van der Waals surface area contributed by atoms with Gasteiger partial charge in [0.15, 0.2) is 7.14 Å². The van der Waals surface area contributed by atoms with E-state index in [1.54, 1.807) is 24.8 Å². The van der Waals surface area contributed by atoms with Crippen molar-refractivity contribution in [3.8, 4) is 33.5 Å². The first-order valence-corrected chi connectivity index (χ1v) is 47.9. The Hall–Kier alpha value is -18.8. The number of benzene rings is 18. The monoisotopic (exact) mass is 1820 g/mol. The van der Waals surface area contributed by atoms with E-state index in [-0.39, 0.29) is 0 Å². The summed E-state index contributed by atoms with van der Waals surface area (Å²) in [6, 6.07) is 123. The Kier molecular flexibility index (Phi) is 16.6. The molecule has 15 heterocycles. The Morgan fingerprint density at radius 2 is 0.486 bits per heavy atom. The van der Waals surface area contributed by atoms with Crippen LogP contribution in [0, 0.1) is 0 Å². The first-order valence-electron chi connectivity index (χ1n) is 46.2. The highest BCUT2D eigenvalue weighted by atomic mass is 31.2. The minimum absolute atomic E-state index is 0.602. The minimum Gasteiger partial charge on any atom is -0.456 e. The van der Waals surface area contributed by atoms with Gasteiger partial charge in [0.25, 0.3) is 0 Å². The highest BCUT2D eigenvalue weighted by Gasteiger charge is 2.37. The van der Waals surface area contributed by atoms with Crippen LogP contribution in [0.2, 0.25) is 0 Å². The molecule has 0 aliphatic carbocycles. The second kappa shape index (κ2) is 29.9. The lowest BCUT2D eigenvalue weighted by atomic mass is 9.98. The number of hydrogen-bond acceptors (Lipinski definition) is 16. The molecule has 0 radical (unpaired) electrons.